The molecule has 1 aliphatic carbocycles. The maximum absolute atomic E-state index is 11.5. The summed E-state index contributed by atoms with van der Waals surface area (Å²) in [5.41, 5.74) is 5.42. The number of H-pyrrole nitrogens is 1. The lowest BCUT2D eigenvalue weighted by atomic mass is 10.1. The molecular weight excluding hydrogens is 238 g/mol. The fraction of sp³-hybridized carbons (Fsp3) is 0.200. The van der Waals surface area contributed by atoms with Gasteiger partial charge in [0.05, 0.1) is 5.69 Å². The molecule has 1 N–H and O–H groups in total. The zero-order valence-corrected chi connectivity index (χ0v) is 10.4. The van der Waals surface area contributed by atoms with Crippen molar-refractivity contribution in [2.24, 2.45) is 0 Å². The zero-order valence-electron chi connectivity index (χ0n) is 10.4. The number of aromatic amines is 1. The Labute approximate surface area is 109 Å². The van der Waals surface area contributed by atoms with Gasteiger partial charge in [-0.25, -0.2) is 4.98 Å². The smallest absolute Gasteiger partial charge is 0.249 e. The van der Waals surface area contributed by atoms with Crippen LogP contribution >= 0.6 is 0 Å². The zero-order chi connectivity index (χ0) is 12.8. The lowest BCUT2D eigenvalue weighted by molar-refractivity contribution is 0.905. The SMILES string of the molecule is O=c1ccc2ncn(-c3cccc4c3CCC4)c2[nH]1. The minimum Gasteiger partial charge on any atom is -0.306 e. The quantitative estimate of drug-likeness (QED) is 0.720. The molecule has 4 heteroatoms. The predicted octanol–water partition coefficient (Wildman–Crippen LogP) is 2.20. The average molecular weight is 251 g/mol. The molecule has 0 unspecified atom stereocenters. The van der Waals surface area contributed by atoms with Crippen molar-refractivity contribution in [3.63, 3.8) is 0 Å². The Morgan fingerprint density at radius 2 is 2.11 bits per heavy atom. The summed E-state index contributed by atoms with van der Waals surface area (Å²) in [6, 6.07) is 9.62. The van der Waals surface area contributed by atoms with Gasteiger partial charge in [0, 0.05) is 6.07 Å². The van der Waals surface area contributed by atoms with E-state index in [1.807, 2.05) is 4.57 Å². The highest BCUT2D eigenvalue weighted by Crippen LogP contribution is 2.28. The van der Waals surface area contributed by atoms with E-state index in [1.165, 1.54) is 23.6 Å². The average Bonchev–Trinajstić information content (AvgIpc) is 3.03. The maximum atomic E-state index is 11.5. The third kappa shape index (κ3) is 1.53. The minimum atomic E-state index is -0.0955. The molecule has 0 spiro atoms. The van der Waals surface area contributed by atoms with Crippen LogP contribution in [0.1, 0.15) is 17.5 Å². The van der Waals surface area contributed by atoms with E-state index >= 15 is 0 Å². The molecule has 4 nitrogen and oxygen atoms in total. The third-order valence-corrected chi connectivity index (χ3v) is 3.81. The van der Waals surface area contributed by atoms with Crippen LogP contribution in [0.25, 0.3) is 16.9 Å². The summed E-state index contributed by atoms with van der Waals surface area (Å²) in [5, 5.41) is 0. The first-order chi connectivity index (χ1) is 9.33. The molecule has 1 aromatic carbocycles. The molecular formula is C15H13N3O. The molecule has 3 aromatic rings. The number of aromatic nitrogens is 3. The number of hydrogen-bond donors (Lipinski definition) is 1. The Balaban J connectivity index is 2.03. The molecule has 2 aromatic heterocycles. The van der Waals surface area contributed by atoms with Crippen molar-refractivity contribution >= 4 is 11.2 Å². The molecule has 0 fully saturated rings. The maximum Gasteiger partial charge on any atom is 0.249 e. The first-order valence-electron chi connectivity index (χ1n) is 6.50. The number of aryl methyl sites for hydroxylation is 1. The van der Waals surface area contributed by atoms with Gasteiger partial charge in [-0.1, -0.05) is 12.1 Å². The Morgan fingerprint density at radius 3 is 3.05 bits per heavy atom. The lowest BCUT2D eigenvalue weighted by Gasteiger charge is -2.09. The van der Waals surface area contributed by atoms with E-state index in [4.69, 9.17) is 0 Å². The van der Waals surface area contributed by atoms with Crippen molar-refractivity contribution in [1.29, 1.82) is 0 Å². The number of pyridine rings is 1. The first-order valence-corrected chi connectivity index (χ1v) is 6.50. The summed E-state index contributed by atoms with van der Waals surface area (Å²) in [6.07, 6.45) is 5.23. The molecule has 94 valence electrons. The number of rotatable bonds is 1. The van der Waals surface area contributed by atoms with Gasteiger partial charge in [0.25, 0.3) is 0 Å². The molecule has 0 atom stereocenters. The van der Waals surface area contributed by atoms with E-state index in [2.05, 4.69) is 28.2 Å². The third-order valence-electron chi connectivity index (χ3n) is 3.81. The van der Waals surface area contributed by atoms with Crippen molar-refractivity contribution < 1.29 is 0 Å². The summed E-state index contributed by atoms with van der Waals surface area (Å²) in [4.78, 5) is 18.7. The molecule has 0 amide bonds. The fourth-order valence-corrected chi connectivity index (χ4v) is 2.93. The number of fused-ring (bicyclic) bond motifs is 2. The van der Waals surface area contributed by atoms with Crippen LogP contribution in [-0.2, 0) is 12.8 Å². The molecule has 19 heavy (non-hydrogen) atoms. The second kappa shape index (κ2) is 3.82. The summed E-state index contributed by atoms with van der Waals surface area (Å²) in [6.45, 7) is 0. The van der Waals surface area contributed by atoms with Gasteiger partial charge < -0.3 is 4.98 Å². The van der Waals surface area contributed by atoms with Crippen molar-refractivity contribution in [1.82, 2.24) is 14.5 Å². The minimum absolute atomic E-state index is 0.0955. The molecule has 0 aliphatic heterocycles. The lowest BCUT2D eigenvalue weighted by Crippen LogP contribution is -2.06. The van der Waals surface area contributed by atoms with E-state index in [0.29, 0.717) is 0 Å². The first kappa shape index (κ1) is 10.6. The number of benzene rings is 1. The van der Waals surface area contributed by atoms with Crippen LogP contribution in [0, 0.1) is 0 Å². The van der Waals surface area contributed by atoms with Crippen LogP contribution in [0.2, 0.25) is 0 Å². The Kier molecular flexibility index (Phi) is 2.12. The van der Waals surface area contributed by atoms with E-state index in [9.17, 15) is 4.79 Å². The van der Waals surface area contributed by atoms with Crippen LogP contribution in [-0.4, -0.2) is 14.5 Å². The number of imidazole rings is 1. The summed E-state index contributed by atoms with van der Waals surface area (Å²) in [7, 11) is 0. The molecule has 0 radical (unpaired) electrons. The van der Waals surface area contributed by atoms with Crippen LogP contribution in [0.3, 0.4) is 0 Å². The summed E-state index contributed by atoms with van der Waals surface area (Å²) >= 11 is 0. The van der Waals surface area contributed by atoms with Gasteiger partial charge in [-0.2, -0.15) is 0 Å². The van der Waals surface area contributed by atoms with Gasteiger partial charge >= 0.3 is 0 Å². The van der Waals surface area contributed by atoms with Crippen molar-refractivity contribution in [2.45, 2.75) is 19.3 Å². The fourth-order valence-electron chi connectivity index (χ4n) is 2.93. The molecule has 2 heterocycles. The van der Waals surface area contributed by atoms with Gasteiger partial charge in [0.1, 0.15) is 17.5 Å². The molecule has 1 aliphatic rings. The van der Waals surface area contributed by atoms with E-state index in [1.54, 1.807) is 12.4 Å². The molecule has 4 rings (SSSR count). The highest BCUT2D eigenvalue weighted by atomic mass is 16.1. The van der Waals surface area contributed by atoms with Crippen LogP contribution in [0.15, 0.2) is 41.5 Å². The predicted molar refractivity (Wildman–Crippen MR) is 73.7 cm³/mol. The second-order valence-corrected chi connectivity index (χ2v) is 4.94. The summed E-state index contributed by atoms with van der Waals surface area (Å²) in [5.74, 6) is 0. The van der Waals surface area contributed by atoms with Crippen LogP contribution < -0.4 is 5.56 Å². The van der Waals surface area contributed by atoms with E-state index in [-0.39, 0.29) is 5.56 Å². The second-order valence-electron chi connectivity index (χ2n) is 4.94. The Morgan fingerprint density at radius 1 is 1.16 bits per heavy atom. The van der Waals surface area contributed by atoms with Crippen molar-refractivity contribution in [3.05, 3.63) is 58.1 Å². The van der Waals surface area contributed by atoms with Crippen molar-refractivity contribution in [3.8, 4) is 5.69 Å². The normalized spacial score (nSPS) is 13.9. The van der Waals surface area contributed by atoms with E-state index < -0.39 is 0 Å². The van der Waals surface area contributed by atoms with Gasteiger partial charge in [0.15, 0.2) is 0 Å². The van der Waals surface area contributed by atoms with Gasteiger partial charge in [0.2, 0.25) is 5.56 Å². The van der Waals surface area contributed by atoms with Crippen LogP contribution in [0.4, 0.5) is 0 Å². The standard InChI is InChI=1S/C15H13N3O/c19-14-8-7-12-15(17-14)18(9-16-12)13-6-2-4-10-3-1-5-11(10)13/h2,4,6-9H,1,3,5H2,(H,17,19). The highest BCUT2D eigenvalue weighted by Gasteiger charge is 2.16. The van der Waals surface area contributed by atoms with E-state index in [0.717, 1.165) is 29.7 Å². The van der Waals surface area contributed by atoms with Gasteiger partial charge in [-0.15, -0.1) is 0 Å². The topological polar surface area (TPSA) is 50.7 Å². The number of nitrogens with zero attached hydrogens (tertiary/aromatic N) is 2. The van der Waals surface area contributed by atoms with Crippen LogP contribution in [0.5, 0.6) is 0 Å². The number of hydrogen-bond acceptors (Lipinski definition) is 2. The largest absolute Gasteiger partial charge is 0.306 e. The molecule has 0 saturated carbocycles. The van der Waals surface area contributed by atoms with Gasteiger partial charge in [-0.3, -0.25) is 9.36 Å². The highest BCUT2D eigenvalue weighted by molar-refractivity contribution is 5.73. The Hall–Kier alpha value is -2.36. The monoisotopic (exact) mass is 251 g/mol. The van der Waals surface area contributed by atoms with Gasteiger partial charge in [-0.05, 0) is 42.5 Å². The Bertz CT molecular complexity index is 829. The number of nitrogens with one attached hydrogen (secondary N) is 1. The molecule has 0 saturated heterocycles. The molecule has 0 bridgehead atoms. The van der Waals surface area contributed by atoms with Crippen molar-refractivity contribution in [2.75, 3.05) is 0 Å². The summed E-state index contributed by atoms with van der Waals surface area (Å²) < 4.78 is 1.99.